The summed E-state index contributed by atoms with van der Waals surface area (Å²) in [6.45, 7) is 2.03. The van der Waals surface area contributed by atoms with E-state index in [1.165, 1.54) is 0 Å². The molecule has 0 radical (unpaired) electrons. The van der Waals surface area contributed by atoms with Gasteiger partial charge in [-0.05, 0) is 31.9 Å². The molecule has 1 fully saturated rings. The molecule has 2 rings (SSSR count). The van der Waals surface area contributed by atoms with Gasteiger partial charge in [0.1, 0.15) is 17.9 Å². The van der Waals surface area contributed by atoms with Crippen LogP contribution >= 0.6 is 0 Å². The second-order valence-corrected chi connectivity index (χ2v) is 5.80. The number of rotatable bonds is 7. The van der Waals surface area contributed by atoms with Gasteiger partial charge in [-0.2, -0.15) is 0 Å². The highest BCUT2D eigenvalue weighted by Gasteiger charge is 2.37. The van der Waals surface area contributed by atoms with E-state index in [1.807, 2.05) is 43.3 Å². The molecule has 1 unspecified atom stereocenters. The number of nitrogens with two attached hydrogens (primary N) is 1. The van der Waals surface area contributed by atoms with E-state index in [1.54, 1.807) is 6.92 Å². The molecule has 1 aliphatic rings. The maximum Gasteiger partial charge on any atom is 0.240 e. The molecule has 1 aliphatic carbocycles. The molecule has 0 saturated heterocycles. The number of primary amides is 1. The summed E-state index contributed by atoms with van der Waals surface area (Å²) in [5, 5.41) is 3.26. The monoisotopic (exact) mass is 277 g/mol. The summed E-state index contributed by atoms with van der Waals surface area (Å²) in [7, 11) is 3.95. The third kappa shape index (κ3) is 3.63. The molecule has 110 valence electrons. The van der Waals surface area contributed by atoms with Crippen molar-refractivity contribution in [2.75, 3.05) is 25.6 Å². The van der Waals surface area contributed by atoms with Crippen LogP contribution in [0.4, 0.5) is 5.69 Å². The normalized spacial score (nSPS) is 17.4. The topological polar surface area (TPSA) is 67.6 Å². The van der Waals surface area contributed by atoms with Crippen LogP contribution in [0.3, 0.4) is 0 Å². The number of amides is 1. The van der Waals surface area contributed by atoms with Gasteiger partial charge < -0.3 is 15.4 Å². The Morgan fingerprint density at radius 3 is 2.75 bits per heavy atom. The van der Waals surface area contributed by atoms with Crippen LogP contribution < -0.4 is 20.7 Å². The lowest BCUT2D eigenvalue weighted by Crippen LogP contribution is -2.57. The Morgan fingerprint density at radius 1 is 1.50 bits per heavy atom. The summed E-state index contributed by atoms with van der Waals surface area (Å²) < 4.78 is 5.76. The summed E-state index contributed by atoms with van der Waals surface area (Å²) in [4.78, 5) is 13.7. The van der Waals surface area contributed by atoms with Crippen molar-refractivity contribution in [1.82, 2.24) is 5.32 Å². The predicted octanol–water partition coefficient (Wildman–Crippen LogP) is 1.13. The SMILES string of the molecule is CN(C)c1cccc(OCC(C)(NC2CC2)C(N)=O)c1. The minimum absolute atomic E-state index is 0.232. The zero-order valence-corrected chi connectivity index (χ0v) is 12.3. The van der Waals surface area contributed by atoms with Gasteiger partial charge >= 0.3 is 0 Å². The molecule has 0 aromatic heterocycles. The van der Waals surface area contributed by atoms with E-state index < -0.39 is 5.54 Å². The lowest BCUT2D eigenvalue weighted by Gasteiger charge is -2.27. The van der Waals surface area contributed by atoms with Gasteiger partial charge in [-0.3, -0.25) is 10.1 Å². The highest BCUT2D eigenvalue weighted by atomic mass is 16.5. The Morgan fingerprint density at radius 2 is 2.20 bits per heavy atom. The van der Waals surface area contributed by atoms with Crippen LogP contribution in [0, 0.1) is 0 Å². The van der Waals surface area contributed by atoms with E-state index in [0.717, 1.165) is 24.3 Å². The molecule has 20 heavy (non-hydrogen) atoms. The van der Waals surface area contributed by atoms with Crippen molar-refractivity contribution in [1.29, 1.82) is 0 Å². The van der Waals surface area contributed by atoms with E-state index in [2.05, 4.69) is 5.32 Å². The van der Waals surface area contributed by atoms with Gasteiger partial charge in [-0.15, -0.1) is 0 Å². The molecule has 0 spiro atoms. The standard InChI is InChI=1S/C15H23N3O2/c1-15(14(16)19,17-11-7-8-11)10-20-13-6-4-5-12(9-13)18(2)3/h4-6,9,11,17H,7-8,10H2,1-3H3,(H2,16,19). The maximum absolute atomic E-state index is 11.7. The Labute approximate surface area is 120 Å². The molecule has 0 aliphatic heterocycles. The average Bonchev–Trinajstić information content (AvgIpc) is 3.20. The summed E-state index contributed by atoms with van der Waals surface area (Å²) in [5.41, 5.74) is 5.73. The third-order valence-corrected chi connectivity index (χ3v) is 3.51. The Kier molecular flexibility index (Phi) is 4.18. The fraction of sp³-hybridized carbons (Fsp3) is 0.533. The van der Waals surface area contributed by atoms with Crippen LogP contribution in [0.5, 0.6) is 5.75 Å². The molecule has 1 aromatic rings. The first kappa shape index (κ1) is 14.7. The number of nitrogens with one attached hydrogen (secondary N) is 1. The van der Waals surface area contributed by atoms with Crippen LogP contribution in [0.1, 0.15) is 19.8 Å². The Balaban J connectivity index is 2.01. The van der Waals surface area contributed by atoms with Crippen molar-refractivity contribution in [2.24, 2.45) is 5.73 Å². The van der Waals surface area contributed by atoms with Gasteiger partial charge in [0.15, 0.2) is 0 Å². The molecule has 1 saturated carbocycles. The summed E-state index contributed by atoms with van der Waals surface area (Å²) in [6.07, 6.45) is 2.19. The smallest absolute Gasteiger partial charge is 0.240 e. The zero-order valence-electron chi connectivity index (χ0n) is 12.3. The fourth-order valence-corrected chi connectivity index (χ4v) is 1.94. The number of hydrogen-bond acceptors (Lipinski definition) is 4. The third-order valence-electron chi connectivity index (χ3n) is 3.51. The number of nitrogens with zero attached hydrogens (tertiary/aromatic N) is 1. The van der Waals surface area contributed by atoms with E-state index >= 15 is 0 Å². The van der Waals surface area contributed by atoms with Gasteiger partial charge in [0.25, 0.3) is 0 Å². The molecule has 5 nitrogen and oxygen atoms in total. The number of anilines is 1. The molecule has 1 aromatic carbocycles. The lowest BCUT2D eigenvalue weighted by molar-refractivity contribution is -0.125. The van der Waals surface area contributed by atoms with E-state index in [4.69, 9.17) is 10.5 Å². The second kappa shape index (κ2) is 5.71. The highest BCUT2D eigenvalue weighted by molar-refractivity contribution is 5.84. The number of carbonyl (C=O) groups is 1. The first-order valence-corrected chi connectivity index (χ1v) is 6.88. The quantitative estimate of drug-likeness (QED) is 0.784. The second-order valence-electron chi connectivity index (χ2n) is 5.80. The number of hydrogen-bond donors (Lipinski definition) is 2. The van der Waals surface area contributed by atoms with Crippen LogP contribution in [0.15, 0.2) is 24.3 Å². The van der Waals surface area contributed by atoms with E-state index in [0.29, 0.717) is 6.04 Å². The lowest BCUT2D eigenvalue weighted by atomic mass is 10.0. The van der Waals surface area contributed by atoms with Crippen molar-refractivity contribution in [3.63, 3.8) is 0 Å². The number of carbonyl (C=O) groups excluding carboxylic acids is 1. The van der Waals surface area contributed by atoms with Crippen molar-refractivity contribution in [3.05, 3.63) is 24.3 Å². The molecular weight excluding hydrogens is 254 g/mol. The van der Waals surface area contributed by atoms with Gasteiger partial charge in [0.2, 0.25) is 5.91 Å². The summed E-state index contributed by atoms with van der Waals surface area (Å²) >= 11 is 0. The van der Waals surface area contributed by atoms with E-state index in [9.17, 15) is 4.79 Å². The predicted molar refractivity (Wildman–Crippen MR) is 80.0 cm³/mol. The summed E-state index contributed by atoms with van der Waals surface area (Å²) in [5.74, 6) is 0.356. The average molecular weight is 277 g/mol. The zero-order chi connectivity index (χ0) is 14.8. The minimum Gasteiger partial charge on any atom is -0.491 e. The van der Waals surface area contributed by atoms with Crippen molar-refractivity contribution in [2.45, 2.75) is 31.3 Å². The van der Waals surface area contributed by atoms with Crippen LogP contribution in [-0.2, 0) is 4.79 Å². The highest BCUT2D eigenvalue weighted by Crippen LogP contribution is 2.24. The maximum atomic E-state index is 11.7. The molecule has 0 bridgehead atoms. The molecule has 0 heterocycles. The van der Waals surface area contributed by atoms with Gasteiger partial charge in [0, 0.05) is 31.9 Å². The van der Waals surface area contributed by atoms with Crippen molar-refractivity contribution in [3.8, 4) is 5.75 Å². The number of ether oxygens (including phenoxy) is 1. The van der Waals surface area contributed by atoms with Gasteiger partial charge in [-0.25, -0.2) is 0 Å². The Bertz CT molecular complexity index is 486. The number of benzene rings is 1. The van der Waals surface area contributed by atoms with Crippen LogP contribution in [-0.4, -0.2) is 38.2 Å². The molecule has 1 atom stereocenters. The van der Waals surface area contributed by atoms with Crippen LogP contribution in [0.2, 0.25) is 0 Å². The van der Waals surface area contributed by atoms with E-state index in [-0.39, 0.29) is 12.5 Å². The van der Waals surface area contributed by atoms with Gasteiger partial charge in [-0.1, -0.05) is 6.07 Å². The van der Waals surface area contributed by atoms with Crippen molar-refractivity contribution < 1.29 is 9.53 Å². The summed E-state index contributed by atoms with van der Waals surface area (Å²) in [6, 6.07) is 8.15. The molecule has 5 heteroatoms. The molecule has 3 N–H and O–H groups in total. The first-order valence-electron chi connectivity index (χ1n) is 6.88. The first-order chi connectivity index (χ1) is 9.40. The minimum atomic E-state index is -0.824. The molecular formula is C15H23N3O2. The van der Waals surface area contributed by atoms with Gasteiger partial charge in [0.05, 0.1) is 0 Å². The van der Waals surface area contributed by atoms with Crippen molar-refractivity contribution >= 4 is 11.6 Å². The molecule has 1 amide bonds. The Hall–Kier alpha value is -1.75. The largest absolute Gasteiger partial charge is 0.491 e. The fourth-order valence-electron chi connectivity index (χ4n) is 1.94. The van der Waals surface area contributed by atoms with Crippen LogP contribution in [0.25, 0.3) is 0 Å².